The number of hydrazine groups is 1. The Hall–Kier alpha value is -1.59. The van der Waals surface area contributed by atoms with Crippen molar-refractivity contribution in [2.24, 2.45) is 0 Å². The maximum absolute atomic E-state index is 9.26. The van der Waals surface area contributed by atoms with E-state index in [9.17, 15) is 5.11 Å². The number of aromatic nitrogens is 1. The largest absolute Gasteiger partial charge is 0.508 e. The molecule has 2 aromatic rings. The van der Waals surface area contributed by atoms with Gasteiger partial charge in [0.2, 0.25) is 0 Å². The molecule has 0 saturated carbocycles. The SMILES string of the molecule is CC(NN1c2ccc(Br)nc21)c1ccc(O)cc1. The predicted molar refractivity (Wildman–Crippen MR) is 73.7 cm³/mol. The zero-order valence-corrected chi connectivity index (χ0v) is 11.3. The molecule has 1 atom stereocenters. The lowest BCUT2D eigenvalue weighted by molar-refractivity contribution is 0.474. The van der Waals surface area contributed by atoms with Gasteiger partial charge in [-0.1, -0.05) is 12.1 Å². The van der Waals surface area contributed by atoms with Crippen LogP contribution in [-0.2, 0) is 0 Å². The minimum Gasteiger partial charge on any atom is -0.508 e. The maximum atomic E-state index is 9.26. The number of hydrogen-bond donors (Lipinski definition) is 2. The summed E-state index contributed by atoms with van der Waals surface area (Å²) in [6.45, 7) is 2.07. The van der Waals surface area contributed by atoms with Gasteiger partial charge in [0.15, 0.2) is 5.82 Å². The summed E-state index contributed by atoms with van der Waals surface area (Å²) in [6, 6.07) is 11.3. The van der Waals surface area contributed by atoms with E-state index in [2.05, 4.69) is 33.3 Å². The Bertz CT molecular complexity index is 585. The van der Waals surface area contributed by atoms with Crippen LogP contribution in [0.5, 0.6) is 5.75 Å². The van der Waals surface area contributed by atoms with Crippen LogP contribution in [0.1, 0.15) is 18.5 Å². The lowest BCUT2D eigenvalue weighted by Gasteiger charge is -2.15. The molecule has 1 aliphatic heterocycles. The van der Waals surface area contributed by atoms with Crippen molar-refractivity contribution in [3.05, 3.63) is 46.6 Å². The monoisotopic (exact) mass is 305 g/mol. The molecule has 0 bridgehead atoms. The van der Waals surface area contributed by atoms with Gasteiger partial charge in [0.1, 0.15) is 16.0 Å². The molecule has 4 nitrogen and oxygen atoms in total. The average Bonchev–Trinajstić information content (AvgIpc) is 3.02. The average molecular weight is 306 g/mol. The van der Waals surface area contributed by atoms with E-state index in [-0.39, 0.29) is 11.8 Å². The van der Waals surface area contributed by atoms with E-state index in [1.54, 1.807) is 12.1 Å². The Kier molecular flexibility index (Phi) is 2.72. The number of nitrogens with zero attached hydrogens (tertiary/aromatic N) is 2. The Morgan fingerprint density at radius 3 is 2.61 bits per heavy atom. The van der Waals surface area contributed by atoms with E-state index in [1.165, 1.54) is 0 Å². The zero-order valence-electron chi connectivity index (χ0n) is 9.76. The number of fused-ring (bicyclic) bond motifs is 1. The number of nitrogens with one attached hydrogen (secondary N) is 1. The summed E-state index contributed by atoms with van der Waals surface area (Å²) >= 11 is 3.35. The van der Waals surface area contributed by atoms with Crippen LogP contribution in [0.15, 0.2) is 41.0 Å². The molecule has 2 heterocycles. The Morgan fingerprint density at radius 1 is 1.22 bits per heavy atom. The van der Waals surface area contributed by atoms with Crippen LogP contribution in [0.25, 0.3) is 0 Å². The fourth-order valence-corrected chi connectivity index (χ4v) is 2.17. The van der Waals surface area contributed by atoms with Gasteiger partial charge in [0, 0.05) is 6.04 Å². The first kappa shape index (κ1) is 11.5. The van der Waals surface area contributed by atoms with Gasteiger partial charge in [0.05, 0.1) is 0 Å². The molecular weight excluding hydrogens is 294 g/mol. The number of rotatable bonds is 3. The van der Waals surface area contributed by atoms with Crippen molar-refractivity contribution in [1.82, 2.24) is 10.4 Å². The van der Waals surface area contributed by atoms with Gasteiger partial charge in [-0.3, -0.25) is 5.01 Å². The van der Waals surface area contributed by atoms with E-state index < -0.39 is 0 Å². The van der Waals surface area contributed by atoms with Crippen molar-refractivity contribution in [3.63, 3.8) is 0 Å². The summed E-state index contributed by atoms with van der Waals surface area (Å²) in [4.78, 5) is 4.35. The minimum absolute atomic E-state index is 0.151. The summed E-state index contributed by atoms with van der Waals surface area (Å²) in [5.74, 6) is 1.24. The van der Waals surface area contributed by atoms with Crippen LogP contribution in [0.4, 0.5) is 11.5 Å². The van der Waals surface area contributed by atoms with E-state index in [0.29, 0.717) is 0 Å². The first-order valence-corrected chi connectivity index (χ1v) is 6.46. The van der Waals surface area contributed by atoms with Gasteiger partial charge in [-0.2, -0.15) is 0 Å². The molecule has 2 N–H and O–H groups in total. The summed E-state index contributed by atoms with van der Waals surface area (Å²) < 4.78 is 0.836. The third-order valence-corrected chi connectivity index (χ3v) is 3.38. The number of anilines is 2. The highest BCUT2D eigenvalue weighted by molar-refractivity contribution is 9.10. The molecule has 3 rings (SSSR count). The Morgan fingerprint density at radius 2 is 1.94 bits per heavy atom. The fourth-order valence-electron chi connectivity index (χ4n) is 1.87. The normalized spacial score (nSPS) is 14.2. The number of pyridine rings is 1. The molecule has 0 spiro atoms. The predicted octanol–water partition coefficient (Wildman–Crippen LogP) is 3.27. The molecule has 18 heavy (non-hydrogen) atoms. The first-order valence-electron chi connectivity index (χ1n) is 5.67. The van der Waals surface area contributed by atoms with E-state index >= 15 is 0 Å². The molecule has 0 aliphatic carbocycles. The van der Waals surface area contributed by atoms with E-state index in [1.807, 2.05) is 29.3 Å². The molecule has 92 valence electrons. The quantitative estimate of drug-likeness (QED) is 0.675. The molecule has 0 radical (unpaired) electrons. The molecular formula is C13H12BrN3O. The van der Waals surface area contributed by atoms with Crippen molar-refractivity contribution >= 4 is 27.4 Å². The number of phenols is 1. The van der Waals surface area contributed by atoms with Crippen molar-refractivity contribution < 1.29 is 5.11 Å². The third-order valence-electron chi connectivity index (χ3n) is 2.94. The highest BCUT2D eigenvalue weighted by Crippen LogP contribution is 2.45. The Labute approximate surface area is 113 Å². The first-order chi connectivity index (χ1) is 8.65. The molecule has 1 aliphatic rings. The molecule has 1 unspecified atom stereocenters. The number of aromatic hydroxyl groups is 1. The van der Waals surface area contributed by atoms with Crippen LogP contribution in [-0.4, -0.2) is 10.1 Å². The third kappa shape index (κ3) is 2.07. The second kappa shape index (κ2) is 4.26. The van der Waals surface area contributed by atoms with Crippen molar-refractivity contribution in [2.75, 3.05) is 5.01 Å². The standard InChI is InChI=1S/C13H12BrN3O/c1-8(9-2-4-10(18)5-3-9)16-17-11-6-7-12(14)15-13(11)17/h2-8,16,18H,1H3. The second-order valence-corrected chi connectivity index (χ2v) is 5.07. The van der Waals surface area contributed by atoms with Gasteiger partial charge in [0.25, 0.3) is 0 Å². The lowest BCUT2D eigenvalue weighted by atomic mass is 10.1. The van der Waals surface area contributed by atoms with Gasteiger partial charge < -0.3 is 5.11 Å². The summed E-state index contributed by atoms with van der Waals surface area (Å²) in [5, 5.41) is 11.2. The van der Waals surface area contributed by atoms with Crippen LogP contribution < -0.4 is 10.4 Å². The molecule has 1 aromatic heterocycles. The van der Waals surface area contributed by atoms with Crippen LogP contribution in [0.2, 0.25) is 0 Å². The Balaban J connectivity index is 1.70. The minimum atomic E-state index is 0.151. The van der Waals surface area contributed by atoms with Crippen LogP contribution in [0.3, 0.4) is 0 Å². The molecule has 0 amide bonds. The highest BCUT2D eigenvalue weighted by Gasteiger charge is 2.32. The number of halogens is 1. The van der Waals surface area contributed by atoms with Gasteiger partial charge in [-0.15, -0.1) is 0 Å². The van der Waals surface area contributed by atoms with Crippen molar-refractivity contribution in [3.8, 4) is 5.75 Å². The summed E-state index contributed by atoms with van der Waals surface area (Å²) in [5.41, 5.74) is 5.57. The molecule has 0 fully saturated rings. The van der Waals surface area contributed by atoms with Gasteiger partial charge >= 0.3 is 0 Å². The van der Waals surface area contributed by atoms with Gasteiger partial charge in [-0.05, 0) is 52.7 Å². The van der Waals surface area contributed by atoms with Crippen LogP contribution in [0, 0.1) is 0 Å². The molecule has 1 aromatic carbocycles. The van der Waals surface area contributed by atoms with E-state index in [0.717, 1.165) is 21.7 Å². The lowest BCUT2D eigenvalue weighted by Crippen LogP contribution is -2.26. The number of benzene rings is 1. The van der Waals surface area contributed by atoms with Gasteiger partial charge in [-0.25, -0.2) is 10.4 Å². The topological polar surface area (TPSA) is 48.2 Å². The maximum Gasteiger partial charge on any atom is 0.174 e. The number of phenolic OH excluding ortho intramolecular Hbond substituents is 1. The second-order valence-electron chi connectivity index (χ2n) is 4.25. The smallest absolute Gasteiger partial charge is 0.174 e. The van der Waals surface area contributed by atoms with Crippen molar-refractivity contribution in [2.45, 2.75) is 13.0 Å². The number of hydrogen-bond acceptors (Lipinski definition) is 4. The zero-order chi connectivity index (χ0) is 12.7. The highest BCUT2D eigenvalue weighted by atomic mass is 79.9. The molecule has 5 heteroatoms. The fraction of sp³-hybridized carbons (Fsp3) is 0.154. The summed E-state index contributed by atoms with van der Waals surface area (Å²) in [7, 11) is 0. The molecule has 0 saturated heterocycles. The van der Waals surface area contributed by atoms with Crippen LogP contribution >= 0.6 is 15.9 Å². The van der Waals surface area contributed by atoms with E-state index in [4.69, 9.17) is 0 Å². The van der Waals surface area contributed by atoms with Crippen molar-refractivity contribution in [1.29, 1.82) is 0 Å². The summed E-state index contributed by atoms with van der Waals surface area (Å²) in [6.07, 6.45) is 0.